The van der Waals surface area contributed by atoms with E-state index in [-0.39, 0.29) is 23.2 Å². The Morgan fingerprint density at radius 3 is 2.61 bits per heavy atom. The smallest absolute Gasteiger partial charge is 0.252 e. The summed E-state index contributed by atoms with van der Waals surface area (Å²) in [6.45, 7) is 3.92. The summed E-state index contributed by atoms with van der Waals surface area (Å²) in [4.78, 5) is 39.9. The van der Waals surface area contributed by atoms with Gasteiger partial charge < -0.3 is 30.9 Å². The van der Waals surface area contributed by atoms with Crippen LogP contribution in [0.2, 0.25) is 0 Å². The molecule has 0 aromatic carbocycles. The molecule has 0 unspecified atom stereocenters. The lowest BCUT2D eigenvalue weighted by molar-refractivity contribution is -0.137. The number of anilines is 1. The Balaban J connectivity index is 1.25. The SMILES string of the molecule is CCNC(=O)[C@H]1O[C@@H](n2cnc3c(N)nc(C#CCC4CCC(C(=O)N5CCCC5)CC4)nc32)[C@H](O)[C@@H]1O. The molecule has 12 nitrogen and oxygen atoms in total. The molecule has 2 aromatic heterocycles. The highest BCUT2D eigenvalue weighted by Crippen LogP contribution is 2.33. The number of aliphatic hydroxyl groups is 2. The third kappa shape index (κ3) is 5.18. The van der Waals surface area contributed by atoms with Crippen LogP contribution < -0.4 is 11.1 Å². The fraction of sp³-hybridized carbons (Fsp3) is 0.654. The molecule has 2 aromatic rings. The maximum Gasteiger partial charge on any atom is 0.252 e. The number of imidazole rings is 1. The predicted octanol–water partition coefficient (Wildman–Crippen LogP) is 0.334. The number of likely N-dealkylation sites (N-methyl/N-ethyl adjacent to an activating group) is 1. The van der Waals surface area contributed by atoms with E-state index in [1.165, 1.54) is 10.9 Å². The lowest BCUT2D eigenvalue weighted by Gasteiger charge is -2.29. The molecule has 0 bridgehead atoms. The first kappa shape index (κ1) is 26.3. The van der Waals surface area contributed by atoms with Gasteiger partial charge >= 0.3 is 0 Å². The summed E-state index contributed by atoms with van der Waals surface area (Å²) in [6.07, 6.45) is 2.94. The van der Waals surface area contributed by atoms with Crippen LogP contribution in [-0.4, -0.2) is 84.4 Å². The maximum atomic E-state index is 12.7. The van der Waals surface area contributed by atoms with E-state index in [2.05, 4.69) is 32.1 Å². The molecule has 2 amide bonds. The van der Waals surface area contributed by atoms with Crippen LogP contribution in [0.1, 0.15) is 63.9 Å². The van der Waals surface area contributed by atoms with E-state index in [0.717, 1.165) is 51.6 Å². The summed E-state index contributed by atoms with van der Waals surface area (Å²) in [6, 6.07) is 0. The van der Waals surface area contributed by atoms with Gasteiger partial charge in [-0.3, -0.25) is 14.2 Å². The minimum atomic E-state index is -1.41. The Hall–Kier alpha value is -3.27. The number of nitrogens with one attached hydrogen (secondary N) is 1. The second kappa shape index (κ2) is 11.2. The van der Waals surface area contributed by atoms with Gasteiger partial charge in [0.2, 0.25) is 11.7 Å². The first-order valence-corrected chi connectivity index (χ1v) is 13.4. The third-order valence-corrected chi connectivity index (χ3v) is 7.77. The standard InChI is InChI=1S/C26H35N7O5/c1-2-28-24(36)21-19(34)20(35)26(38-21)33-14-29-18-22(27)30-17(31-23(18)33)7-5-6-15-8-10-16(11-9-15)25(37)32-12-3-4-13-32/h14-16,19-21,26,34-35H,2-4,6,8-13H2,1H3,(H,28,36)(H2,27,30,31)/t15?,16?,19-,20+,21-,26+/m0/s1. The van der Waals surface area contributed by atoms with E-state index in [1.807, 2.05) is 4.90 Å². The first-order valence-electron chi connectivity index (χ1n) is 13.4. The summed E-state index contributed by atoms with van der Waals surface area (Å²) < 4.78 is 7.13. The molecule has 1 aliphatic carbocycles. The summed E-state index contributed by atoms with van der Waals surface area (Å²) in [5.74, 6) is 6.87. The number of aromatic nitrogens is 4. The molecule has 0 radical (unpaired) electrons. The fourth-order valence-corrected chi connectivity index (χ4v) is 5.64. The lowest BCUT2D eigenvalue weighted by atomic mass is 9.80. The van der Waals surface area contributed by atoms with Crippen molar-refractivity contribution >= 4 is 28.8 Å². The van der Waals surface area contributed by atoms with Gasteiger partial charge in [0.15, 0.2) is 23.8 Å². The number of amides is 2. The van der Waals surface area contributed by atoms with Crippen molar-refractivity contribution in [1.29, 1.82) is 0 Å². The molecule has 1 saturated carbocycles. The van der Waals surface area contributed by atoms with Crippen LogP contribution in [-0.2, 0) is 14.3 Å². The number of likely N-dealkylation sites (tertiary alicyclic amines) is 1. The number of nitrogens with zero attached hydrogens (tertiary/aromatic N) is 5. The Morgan fingerprint density at radius 1 is 1.16 bits per heavy atom. The number of carbonyl (C=O) groups excluding carboxylic acids is 2. The highest BCUT2D eigenvalue weighted by molar-refractivity contribution is 5.83. The second-order valence-corrected chi connectivity index (χ2v) is 10.3. The molecule has 5 N–H and O–H groups in total. The molecule has 4 atom stereocenters. The topological polar surface area (TPSA) is 169 Å². The van der Waals surface area contributed by atoms with E-state index in [0.29, 0.717) is 30.3 Å². The Labute approximate surface area is 221 Å². The van der Waals surface area contributed by atoms with Crippen LogP contribution in [0.4, 0.5) is 5.82 Å². The molecule has 0 spiro atoms. The fourth-order valence-electron chi connectivity index (χ4n) is 5.64. The third-order valence-electron chi connectivity index (χ3n) is 7.77. The number of hydrogen-bond donors (Lipinski definition) is 4. The van der Waals surface area contributed by atoms with Gasteiger partial charge in [-0.1, -0.05) is 5.92 Å². The van der Waals surface area contributed by atoms with Gasteiger partial charge in [-0.15, -0.1) is 0 Å². The molecular weight excluding hydrogens is 490 g/mol. The quantitative estimate of drug-likeness (QED) is 0.402. The highest BCUT2D eigenvalue weighted by atomic mass is 16.6. The molecular formula is C26H35N7O5. The van der Waals surface area contributed by atoms with Crippen molar-refractivity contribution in [2.75, 3.05) is 25.4 Å². The minimum Gasteiger partial charge on any atom is -0.387 e. The van der Waals surface area contributed by atoms with Crippen molar-refractivity contribution in [3.8, 4) is 11.8 Å². The van der Waals surface area contributed by atoms with Gasteiger partial charge in [0.1, 0.15) is 17.7 Å². The molecule has 4 heterocycles. The van der Waals surface area contributed by atoms with Crippen molar-refractivity contribution < 1.29 is 24.5 Å². The molecule has 2 saturated heterocycles. The molecule has 38 heavy (non-hydrogen) atoms. The average Bonchev–Trinajstić information content (AvgIpc) is 3.65. The van der Waals surface area contributed by atoms with E-state index in [1.54, 1.807) is 6.92 Å². The number of rotatable bonds is 5. The number of nitrogen functional groups attached to an aromatic ring is 1. The number of hydrogen-bond acceptors (Lipinski definition) is 9. The van der Waals surface area contributed by atoms with E-state index >= 15 is 0 Å². The molecule has 3 aliphatic rings. The Bertz CT molecular complexity index is 1240. The maximum absolute atomic E-state index is 12.7. The van der Waals surface area contributed by atoms with Crippen LogP contribution >= 0.6 is 0 Å². The predicted molar refractivity (Wildman–Crippen MR) is 137 cm³/mol. The molecule has 5 rings (SSSR count). The zero-order valence-electron chi connectivity index (χ0n) is 21.5. The summed E-state index contributed by atoms with van der Waals surface area (Å²) in [7, 11) is 0. The van der Waals surface area contributed by atoms with Crippen LogP contribution in [0.15, 0.2) is 6.33 Å². The number of ether oxygens (including phenoxy) is 1. The zero-order chi connectivity index (χ0) is 26.8. The van der Waals surface area contributed by atoms with E-state index in [9.17, 15) is 19.8 Å². The van der Waals surface area contributed by atoms with Gasteiger partial charge in [0.05, 0.1) is 6.33 Å². The van der Waals surface area contributed by atoms with Crippen LogP contribution in [0.3, 0.4) is 0 Å². The van der Waals surface area contributed by atoms with Crippen molar-refractivity contribution in [3.05, 3.63) is 12.2 Å². The number of nitrogens with two attached hydrogens (primary N) is 1. The van der Waals surface area contributed by atoms with Crippen molar-refractivity contribution in [1.82, 2.24) is 29.7 Å². The van der Waals surface area contributed by atoms with Gasteiger partial charge in [-0.05, 0) is 57.3 Å². The largest absolute Gasteiger partial charge is 0.387 e. The molecule has 2 aliphatic heterocycles. The lowest BCUT2D eigenvalue weighted by Crippen LogP contribution is -2.42. The van der Waals surface area contributed by atoms with Crippen molar-refractivity contribution in [2.24, 2.45) is 11.8 Å². The van der Waals surface area contributed by atoms with Crippen molar-refractivity contribution in [3.63, 3.8) is 0 Å². The summed E-state index contributed by atoms with van der Waals surface area (Å²) in [5.41, 5.74) is 6.70. The normalized spacial score (nSPS) is 29.3. The van der Waals surface area contributed by atoms with Gasteiger partial charge in [-0.2, -0.15) is 0 Å². The van der Waals surface area contributed by atoms with Gasteiger partial charge in [0, 0.05) is 32.0 Å². The number of aliphatic hydroxyl groups excluding tert-OH is 2. The highest BCUT2D eigenvalue weighted by Gasteiger charge is 2.47. The monoisotopic (exact) mass is 525 g/mol. The average molecular weight is 526 g/mol. The summed E-state index contributed by atoms with van der Waals surface area (Å²) >= 11 is 0. The minimum absolute atomic E-state index is 0.132. The first-order chi connectivity index (χ1) is 18.4. The van der Waals surface area contributed by atoms with Gasteiger partial charge in [0.25, 0.3) is 5.91 Å². The number of carbonyl (C=O) groups is 2. The zero-order valence-corrected chi connectivity index (χ0v) is 21.5. The van der Waals surface area contributed by atoms with Crippen LogP contribution in [0.25, 0.3) is 11.2 Å². The van der Waals surface area contributed by atoms with E-state index in [4.69, 9.17) is 10.5 Å². The summed E-state index contributed by atoms with van der Waals surface area (Å²) in [5, 5.41) is 23.5. The molecule has 12 heteroatoms. The second-order valence-electron chi connectivity index (χ2n) is 10.3. The van der Waals surface area contributed by atoms with E-state index < -0.39 is 30.4 Å². The molecule has 3 fully saturated rings. The van der Waals surface area contributed by atoms with Crippen LogP contribution in [0, 0.1) is 23.7 Å². The number of fused-ring (bicyclic) bond motifs is 1. The van der Waals surface area contributed by atoms with Crippen LogP contribution in [0.5, 0.6) is 0 Å². The van der Waals surface area contributed by atoms with Crippen molar-refractivity contribution in [2.45, 2.75) is 76.4 Å². The Morgan fingerprint density at radius 2 is 1.89 bits per heavy atom. The van der Waals surface area contributed by atoms with Gasteiger partial charge in [-0.25, -0.2) is 15.0 Å². The Kier molecular flexibility index (Phi) is 7.78. The molecule has 204 valence electrons.